The zero-order valence-corrected chi connectivity index (χ0v) is 12.1. The SMILES string of the molecule is COC(=O)Nc1ccc(-c2cc(N)nc(OC)c2C#N)cc1. The summed E-state index contributed by atoms with van der Waals surface area (Å²) in [6, 6.07) is 10.5. The number of benzene rings is 1. The Hall–Kier alpha value is -3.27. The van der Waals surface area contributed by atoms with Crippen LogP contribution in [-0.2, 0) is 4.74 Å². The molecule has 0 fully saturated rings. The van der Waals surface area contributed by atoms with Gasteiger partial charge >= 0.3 is 6.09 Å². The van der Waals surface area contributed by atoms with E-state index in [-0.39, 0.29) is 11.7 Å². The van der Waals surface area contributed by atoms with Crippen molar-refractivity contribution in [2.75, 3.05) is 25.3 Å². The molecule has 0 saturated heterocycles. The van der Waals surface area contributed by atoms with Crippen LogP contribution in [0.4, 0.5) is 16.3 Å². The van der Waals surface area contributed by atoms with E-state index in [0.29, 0.717) is 16.8 Å². The van der Waals surface area contributed by atoms with Gasteiger partial charge in [-0.15, -0.1) is 0 Å². The molecule has 0 saturated carbocycles. The quantitative estimate of drug-likeness (QED) is 0.900. The maximum atomic E-state index is 11.1. The Kier molecular flexibility index (Phi) is 4.44. The van der Waals surface area contributed by atoms with Gasteiger partial charge in [0.1, 0.15) is 17.5 Å². The van der Waals surface area contributed by atoms with Gasteiger partial charge in [0.2, 0.25) is 5.88 Å². The van der Waals surface area contributed by atoms with Crippen molar-refractivity contribution < 1.29 is 14.3 Å². The minimum atomic E-state index is -0.555. The van der Waals surface area contributed by atoms with E-state index in [1.807, 2.05) is 0 Å². The number of nitrogen functional groups attached to an aromatic ring is 1. The normalized spacial score (nSPS) is 9.68. The average molecular weight is 298 g/mol. The Morgan fingerprint density at radius 3 is 2.55 bits per heavy atom. The molecule has 1 aromatic carbocycles. The number of nitriles is 1. The van der Waals surface area contributed by atoms with E-state index in [4.69, 9.17) is 10.5 Å². The number of pyridine rings is 1. The van der Waals surface area contributed by atoms with E-state index in [0.717, 1.165) is 5.56 Å². The van der Waals surface area contributed by atoms with E-state index < -0.39 is 6.09 Å². The first kappa shape index (κ1) is 15.1. The minimum Gasteiger partial charge on any atom is -0.480 e. The third-order valence-corrected chi connectivity index (χ3v) is 2.94. The smallest absolute Gasteiger partial charge is 0.411 e. The van der Waals surface area contributed by atoms with E-state index in [1.165, 1.54) is 14.2 Å². The molecule has 0 radical (unpaired) electrons. The van der Waals surface area contributed by atoms with Crippen molar-refractivity contribution in [2.24, 2.45) is 0 Å². The summed E-state index contributed by atoms with van der Waals surface area (Å²) in [6.07, 6.45) is -0.555. The number of rotatable bonds is 3. The second kappa shape index (κ2) is 6.45. The number of nitrogens with one attached hydrogen (secondary N) is 1. The first-order chi connectivity index (χ1) is 10.6. The van der Waals surface area contributed by atoms with Crippen molar-refractivity contribution in [3.63, 3.8) is 0 Å². The molecule has 1 aromatic heterocycles. The van der Waals surface area contributed by atoms with Gasteiger partial charge in [-0.05, 0) is 23.8 Å². The van der Waals surface area contributed by atoms with Crippen LogP contribution in [0.2, 0.25) is 0 Å². The lowest BCUT2D eigenvalue weighted by atomic mass is 10.0. The topological polar surface area (TPSA) is 110 Å². The Morgan fingerprint density at radius 1 is 1.32 bits per heavy atom. The number of ether oxygens (including phenoxy) is 2. The van der Waals surface area contributed by atoms with Crippen LogP contribution < -0.4 is 15.8 Å². The number of aromatic nitrogens is 1. The molecular weight excluding hydrogens is 284 g/mol. The Morgan fingerprint density at radius 2 is 2.00 bits per heavy atom. The van der Waals surface area contributed by atoms with Crippen molar-refractivity contribution in [3.8, 4) is 23.1 Å². The van der Waals surface area contributed by atoms with Crippen LogP contribution >= 0.6 is 0 Å². The molecule has 0 aliphatic carbocycles. The fourth-order valence-electron chi connectivity index (χ4n) is 1.93. The molecule has 2 rings (SSSR count). The monoisotopic (exact) mass is 298 g/mol. The lowest BCUT2D eigenvalue weighted by Crippen LogP contribution is -2.10. The second-order valence-electron chi connectivity index (χ2n) is 4.28. The molecule has 22 heavy (non-hydrogen) atoms. The van der Waals surface area contributed by atoms with E-state index >= 15 is 0 Å². The Bertz CT molecular complexity index is 736. The number of hydrogen-bond donors (Lipinski definition) is 2. The molecule has 112 valence electrons. The molecule has 1 heterocycles. The summed E-state index contributed by atoms with van der Waals surface area (Å²) in [5.41, 5.74) is 7.96. The molecular formula is C15H14N4O3. The number of carbonyl (C=O) groups is 1. The van der Waals surface area contributed by atoms with E-state index in [2.05, 4.69) is 21.1 Å². The van der Waals surface area contributed by atoms with Crippen LogP contribution in [0.15, 0.2) is 30.3 Å². The van der Waals surface area contributed by atoms with Crippen molar-refractivity contribution >= 4 is 17.6 Å². The number of carbonyl (C=O) groups excluding carboxylic acids is 1. The lowest BCUT2D eigenvalue weighted by molar-refractivity contribution is 0.187. The zero-order chi connectivity index (χ0) is 16.1. The van der Waals surface area contributed by atoms with Crippen molar-refractivity contribution in [1.82, 2.24) is 4.98 Å². The molecule has 0 spiro atoms. The van der Waals surface area contributed by atoms with Crippen LogP contribution in [0.1, 0.15) is 5.56 Å². The van der Waals surface area contributed by atoms with Gasteiger partial charge in [0.05, 0.1) is 14.2 Å². The first-order valence-electron chi connectivity index (χ1n) is 6.29. The number of anilines is 2. The van der Waals surface area contributed by atoms with Crippen molar-refractivity contribution in [2.45, 2.75) is 0 Å². The number of methoxy groups -OCH3 is 2. The van der Waals surface area contributed by atoms with Gasteiger partial charge in [0.25, 0.3) is 0 Å². The molecule has 2 aromatic rings. The van der Waals surface area contributed by atoms with Gasteiger partial charge in [0.15, 0.2) is 0 Å². The zero-order valence-electron chi connectivity index (χ0n) is 12.1. The second-order valence-corrected chi connectivity index (χ2v) is 4.28. The number of amides is 1. The minimum absolute atomic E-state index is 0.175. The van der Waals surface area contributed by atoms with Crippen LogP contribution in [0.3, 0.4) is 0 Å². The summed E-state index contributed by atoms with van der Waals surface area (Å²) in [7, 11) is 2.71. The van der Waals surface area contributed by atoms with Gasteiger partial charge in [0, 0.05) is 11.3 Å². The van der Waals surface area contributed by atoms with Crippen molar-refractivity contribution in [3.05, 3.63) is 35.9 Å². The highest BCUT2D eigenvalue weighted by atomic mass is 16.5. The summed E-state index contributed by atoms with van der Waals surface area (Å²) in [5, 5.41) is 11.8. The Labute approximate surface area is 127 Å². The summed E-state index contributed by atoms with van der Waals surface area (Å²) < 4.78 is 9.60. The summed E-state index contributed by atoms with van der Waals surface area (Å²) >= 11 is 0. The van der Waals surface area contributed by atoms with E-state index in [1.54, 1.807) is 30.3 Å². The molecule has 0 bridgehead atoms. The van der Waals surface area contributed by atoms with Crippen LogP contribution in [0.25, 0.3) is 11.1 Å². The average Bonchev–Trinajstić information content (AvgIpc) is 2.54. The van der Waals surface area contributed by atoms with Gasteiger partial charge in [-0.1, -0.05) is 12.1 Å². The lowest BCUT2D eigenvalue weighted by Gasteiger charge is -2.10. The predicted molar refractivity (Wildman–Crippen MR) is 81.4 cm³/mol. The summed E-state index contributed by atoms with van der Waals surface area (Å²) in [5.74, 6) is 0.428. The van der Waals surface area contributed by atoms with E-state index in [9.17, 15) is 10.1 Å². The standard InChI is InChI=1S/C15H14N4O3/c1-21-14-12(8-16)11(7-13(17)19-14)9-3-5-10(6-4-9)18-15(20)22-2/h3-7H,1-2H3,(H2,17,19)(H,18,20). The fraction of sp³-hybridized carbons (Fsp3) is 0.133. The molecule has 0 atom stereocenters. The third kappa shape index (κ3) is 3.07. The van der Waals surface area contributed by atoms with Gasteiger partial charge in [-0.25, -0.2) is 4.79 Å². The number of nitrogens with zero attached hydrogens (tertiary/aromatic N) is 2. The highest BCUT2D eigenvalue weighted by molar-refractivity contribution is 5.85. The highest BCUT2D eigenvalue weighted by Crippen LogP contribution is 2.31. The van der Waals surface area contributed by atoms with Crippen LogP contribution in [0, 0.1) is 11.3 Å². The van der Waals surface area contributed by atoms with Gasteiger partial charge in [-0.2, -0.15) is 10.2 Å². The molecule has 0 aliphatic rings. The number of hydrogen-bond acceptors (Lipinski definition) is 6. The maximum Gasteiger partial charge on any atom is 0.411 e. The molecule has 7 heteroatoms. The fourth-order valence-corrected chi connectivity index (χ4v) is 1.93. The van der Waals surface area contributed by atoms with Crippen LogP contribution in [-0.4, -0.2) is 25.3 Å². The molecule has 0 aliphatic heterocycles. The van der Waals surface area contributed by atoms with Crippen molar-refractivity contribution in [1.29, 1.82) is 5.26 Å². The predicted octanol–water partition coefficient (Wildman–Crippen LogP) is 2.39. The summed E-state index contributed by atoms with van der Waals surface area (Å²) in [4.78, 5) is 15.1. The number of nitrogens with two attached hydrogens (primary N) is 1. The third-order valence-electron chi connectivity index (χ3n) is 2.94. The summed E-state index contributed by atoms with van der Waals surface area (Å²) in [6.45, 7) is 0. The molecule has 3 N–H and O–H groups in total. The molecule has 7 nitrogen and oxygen atoms in total. The maximum absolute atomic E-state index is 11.1. The Balaban J connectivity index is 2.42. The first-order valence-corrected chi connectivity index (χ1v) is 6.29. The highest BCUT2D eigenvalue weighted by Gasteiger charge is 2.14. The van der Waals surface area contributed by atoms with Gasteiger partial charge < -0.3 is 15.2 Å². The molecule has 0 unspecified atom stereocenters. The van der Waals surface area contributed by atoms with Crippen LogP contribution in [0.5, 0.6) is 5.88 Å². The van der Waals surface area contributed by atoms with Gasteiger partial charge in [-0.3, -0.25) is 5.32 Å². The largest absolute Gasteiger partial charge is 0.480 e. The molecule has 1 amide bonds.